The van der Waals surface area contributed by atoms with Crippen LogP contribution in [0.5, 0.6) is 11.5 Å². The number of nitrogens with zero attached hydrogens (tertiary/aromatic N) is 4. The molecule has 0 saturated carbocycles. The predicted octanol–water partition coefficient (Wildman–Crippen LogP) is 10.8. The van der Waals surface area contributed by atoms with Crippen LogP contribution in [0.15, 0.2) is 158 Å². The van der Waals surface area contributed by atoms with Crippen LogP contribution in [-0.4, -0.2) is 85.3 Å². The Morgan fingerprint density at radius 1 is 0.485 bits per heavy atom. The standard InChI is InChI=1S/C56H56Cl2N8O2/c57-45-15-17-49-51(19-21-61-53(49)35-45)63-55(41-11-7-39(8-12-41)37-65-27-23-59-24-28-65)43-3-1-5-47(33-43)67-31-32-68-48-6-2-4-44(34-48)56(64-52-20-22-62-54-36-46(58)16-18-50(52)54)42-13-9-40(10-14-42)38-66-29-25-60-26-30-66/h1-22,33-36,55-56,59-60H,23-32,37-38H2,(H,61,63)(H,62,64). The highest BCUT2D eigenvalue weighted by atomic mass is 35.5. The number of aromatic nitrogens is 2. The van der Waals surface area contributed by atoms with Crippen molar-refractivity contribution in [2.75, 3.05) is 76.2 Å². The van der Waals surface area contributed by atoms with Crippen molar-refractivity contribution in [2.24, 2.45) is 0 Å². The molecule has 4 heterocycles. The molecule has 0 radical (unpaired) electrons. The monoisotopic (exact) mass is 942 g/mol. The van der Waals surface area contributed by atoms with Crippen LogP contribution in [0.1, 0.15) is 45.5 Å². The number of hydrogen-bond acceptors (Lipinski definition) is 10. The van der Waals surface area contributed by atoms with Crippen molar-refractivity contribution in [3.05, 3.63) is 201 Å². The fourth-order valence-electron chi connectivity index (χ4n) is 9.30. The van der Waals surface area contributed by atoms with Gasteiger partial charge in [0.05, 0.1) is 23.1 Å². The number of hydrogen-bond donors (Lipinski definition) is 4. The zero-order valence-corrected chi connectivity index (χ0v) is 39.5. The number of ether oxygens (including phenoxy) is 2. The van der Waals surface area contributed by atoms with Gasteiger partial charge in [-0.15, -0.1) is 0 Å². The van der Waals surface area contributed by atoms with Gasteiger partial charge in [0.2, 0.25) is 0 Å². The van der Waals surface area contributed by atoms with Crippen molar-refractivity contribution in [1.82, 2.24) is 30.4 Å². The van der Waals surface area contributed by atoms with E-state index in [-0.39, 0.29) is 12.1 Å². The molecule has 68 heavy (non-hydrogen) atoms. The molecule has 346 valence electrons. The lowest BCUT2D eigenvalue weighted by Crippen LogP contribution is -2.42. The number of anilines is 2. The van der Waals surface area contributed by atoms with Crippen molar-refractivity contribution in [2.45, 2.75) is 25.2 Å². The summed E-state index contributed by atoms with van der Waals surface area (Å²) in [6, 6.07) is 50.0. The summed E-state index contributed by atoms with van der Waals surface area (Å²) >= 11 is 12.7. The summed E-state index contributed by atoms with van der Waals surface area (Å²) < 4.78 is 12.8. The molecular formula is C56H56Cl2N8O2. The van der Waals surface area contributed by atoms with E-state index in [1.54, 1.807) is 0 Å². The summed E-state index contributed by atoms with van der Waals surface area (Å²) in [5.41, 5.74) is 10.7. The van der Waals surface area contributed by atoms with Gasteiger partial charge in [-0.1, -0.05) is 96.0 Å². The second kappa shape index (κ2) is 21.8. The number of halogens is 2. The van der Waals surface area contributed by atoms with Gasteiger partial charge in [0.15, 0.2) is 0 Å². The molecule has 6 aromatic carbocycles. The van der Waals surface area contributed by atoms with Gasteiger partial charge in [-0.3, -0.25) is 19.8 Å². The third-order valence-corrected chi connectivity index (χ3v) is 13.3. The Balaban J connectivity index is 0.850. The van der Waals surface area contributed by atoms with Gasteiger partial charge in [0.25, 0.3) is 0 Å². The summed E-state index contributed by atoms with van der Waals surface area (Å²) in [6.07, 6.45) is 3.65. The maximum Gasteiger partial charge on any atom is 0.122 e. The van der Waals surface area contributed by atoms with Gasteiger partial charge >= 0.3 is 0 Å². The molecular weight excluding hydrogens is 888 g/mol. The molecule has 0 amide bonds. The van der Waals surface area contributed by atoms with E-state index in [0.29, 0.717) is 23.3 Å². The Labute approximate surface area is 408 Å². The molecule has 0 aliphatic carbocycles. The topological polar surface area (TPSA) is 98.8 Å². The molecule has 2 saturated heterocycles. The van der Waals surface area contributed by atoms with Crippen molar-refractivity contribution in [3.8, 4) is 11.5 Å². The first-order valence-electron chi connectivity index (χ1n) is 23.6. The van der Waals surface area contributed by atoms with Crippen molar-refractivity contribution >= 4 is 56.4 Å². The zero-order valence-electron chi connectivity index (χ0n) is 38.0. The molecule has 2 aliphatic rings. The Bertz CT molecular complexity index is 2740. The van der Waals surface area contributed by atoms with Crippen LogP contribution < -0.4 is 30.7 Å². The SMILES string of the molecule is Clc1ccc2c(NC(c3ccc(CN4CCNCC4)cc3)c3cccc(OCCOc4cccc(C(Nc5ccnc6cc(Cl)ccc56)c5ccc(CN6CCNCC6)cc5)c4)c3)ccnc2c1. The Morgan fingerprint density at radius 2 is 0.912 bits per heavy atom. The first-order chi connectivity index (χ1) is 33.5. The number of pyridine rings is 2. The van der Waals surface area contributed by atoms with Crippen LogP contribution in [0.2, 0.25) is 10.0 Å². The van der Waals surface area contributed by atoms with Crippen LogP contribution >= 0.6 is 23.2 Å². The van der Waals surface area contributed by atoms with Crippen LogP contribution in [-0.2, 0) is 13.1 Å². The maximum atomic E-state index is 6.41. The molecule has 2 aromatic heterocycles. The zero-order chi connectivity index (χ0) is 46.1. The van der Waals surface area contributed by atoms with Gasteiger partial charge in [0.1, 0.15) is 24.7 Å². The van der Waals surface area contributed by atoms with Gasteiger partial charge in [-0.2, -0.15) is 0 Å². The summed E-state index contributed by atoms with van der Waals surface area (Å²) in [5, 5.41) is 18.0. The molecule has 0 spiro atoms. The number of piperazine rings is 2. The number of benzene rings is 6. The lowest BCUT2D eigenvalue weighted by atomic mass is 9.96. The van der Waals surface area contributed by atoms with E-state index in [4.69, 9.17) is 32.7 Å². The lowest BCUT2D eigenvalue weighted by Gasteiger charge is -2.27. The molecule has 0 bridgehead atoms. The van der Waals surface area contributed by atoms with Gasteiger partial charge in [-0.05, 0) is 106 Å². The molecule has 10 nitrogen and oxygen atoms in total. The van der Waals surface area contributed by atoms with E-state index < -0.39 is 0 Å². The summed E-state index contributed by atoms with van der Waals surface area (Å²) in [7, 11) is 0. The van der Waals surface area contributed by atoms with Crippen LogP contribution in [0.25, 0.3) is 21.8 Å². The molecule has 4 N–H and O–H groups in total. The predicted molar refractivity (Wildman–Crippen MR) is 277 cm³/mol. The summed E-state index contributed by atoms with van der Waals surface area (Å²) in [5.74, 6) is 1.53. The average Bonchev–Trinajstić information content (AvgIpc) is 3.37. The Kier molecular flexibility index (Phi) is 14.6. The van der Waals surface area contributed by atoms with E-state index in [9.17, 15) is 0 Å². The number of rotatable bonds is 17. The molecule has 8 aromatic rings. The lowest BCUT2D eigenvalue weighted by molar-refractivity contribution is 0.217. The first-order valence-corrected chi connectivity index (χ1v) is 24.3. The minimum atomic E-state index is -0.167. The van der Waals surface area contributed by atoms with Crippen LogP contribution in [0.4, 0.5) is 11.4 Å². The summed E-state index contributed by atoms with van der Waals surface area (Å²) in [4.78, 5) is 14.2. The minimum absolute atomic E-state index is 0.167. The maximum absolute atomic E-state index is 6.41. The highest BCUT2D eigenvalue weighted by molar-refractivity contribution is 6.31. The quantitative estimate of drug-likeness (QED) is 0.0661. The molecule has 10 rings (SSSR count). The highest BCUT2D eigenvalue weighted by Gasteiger charge is 2.20. The fourth-order valence-corrected chi connectivity index (χ4v) is 9.63. The third-order valence-electron chi connectivity index (χ3n) is 12.9. The Morgan fingerprint density at radius 3 is 1.34 bits per heavy atom. The third kappa shape index (κ3) is 11.4. The molecule has 2 aliphatic heterocycles. The molecule has 2 fully saturated rings. The second-order valence-corrected chi connectivity index (χ2v) is 18.4. The number of fused-ring (bicyclic) bond motifs is 2. The number of nitrogens with one attached hydrogen (secondary N) is 4. The highest BCUT2D eigenvalue weighted by Crippen LogP contribution is 2.35. The Hall–Kier alpha value is -6.24. The van der Waals surface area contributed by atoms with Crippen molar-refractivity contribution in [1.29, 1.82) is 0 Å². The largest absolute Gasteiger partial charge is 0.490 e. The molecule has 2 atom stereocenters. The molecule has 2 unspecified atom stereocenters. The van der Waals surface area contributed by atoms with E-state index in [2.05, 4.69) is 126 Å². The molecule has 12 heteroatoms. The minimum Gasteiger partial charge on any atom is -0.490 e. The fraction of sp³-hybridized carbons (Fsp3) is 0.250. The van der Waals surface area contributed by atoms with Crippen LogP contribution in [0.3, 0.4) is 0 Å². The van der Waals surface area contributed by atoms with E-state index in [0.717, 1.165) is 132 Å². The van der Waals surface area contributed by atoms with Gasteiger partial charge in [-0.25, -0.2) is 0 Å². The van der Waals surface area contributed by atoms with E-state index in [1.807, 2.05) is 73.1 Å². The average molecular weight is 944 g/mol. The van der Waals surface area contributed by atoms with E-state index in [1.165, 1.54) is 11.1 Å². The van der Waals surface area contributed by atoms with Crippen LogP contribution in [0, 0.1) is 0 Å². The first kappa shape index (κ1) is 45.5. The normalized spacial score (nSPS) is 15.5. The van der Waals surface area contributed by atoms with E-state index >= 15 is 0 Å². The van der Waals surface area contributed by atoms with Gasteiger partial charge in [0, 0.05) is 110 Å². The smallest absolute Gasteiger partial charge is 0.122 e. The van der Waals surface area contributed by atoms with Gasteiger partial charge < -0.3 is 30.7 Å². The second-order valence-electron chi connectivity index (χ2n) is 17.6. The summed E-state index contributed by atoms with van der Waals surface area (Å²) in [6.45, 7) is 10.9. The van der Waals surface area contributed by atoms with Crippen molar-refractivity contribution < 1.29 is 9.47 Å². The van der Waals surface area contributed by atoms with Crippen molar-refractivity contribution in [3.63, 3.8) is 0 Å².